The second kappa shape index (κ2) is 8.95. The van der Waals surface area contributed by atoms with Crippen molar-refractivity contribution in [3.63, 3.8) is 0 Å². The molecule has 1 saturated carbocycles. The Morgan fingerprint density at radius 1 is 1.29 bits per heavy atom. The maximum absolute atomic E-state index is 13.1. The van der Waals surface area contributed by atoms with Gasteiger partial charge in [0.1, 0.15) is 28.6 Å². The van der Waals surface area contributed by atoms with Crippen LogP contribution in [0.15, 0.2) is 35.4 Å². The molecule has 1 atom stereocenters. The van der Waals surface area contributed by atoms with Gasteiger partial charge in [-0.05, 0) is 31.9 Å². The molecule has 12 heteroatoms. The molecule has 2 aliphatic rings. The van der Waals surface area contributed by atoms with Crippen molar-refractivity contribution in [1.82, 2.24) is 29.6 Å². The number of rotatable bonds is 8. The Balaban J connectivity index is 1.43. The van der Waals surface area contributed by atoms with Gasteiger partial charge >= 0.3 is 0 Å². The summed E-state index contributed by atoms with van der Waals surface area (Å²) in [5.74, 6) is 0.690. The highest BCUT2D eigenvalue weighted by Gasteiger charge is 2.42. The summed E-state index contributed by atoms with van der Waals surface area (Å²) in [7, 11) is 5.06. The molecular formula is C23H30N8O4. The number of hydrazine groups is 1. The lowest BCUT2D eigenvalue weighted by Gasteiger charge is -2.48. The zero-order valence-corrected chi connectivity index (χ0v) is 20.2. The van der Waals surface area contributed by atoms with Crippen LogP contribution in [0.3, 0.4) is 0 Å². The van der Waals surface area contributed by atoms with E-state index in [1.165, 1.54) is 6.20 Å². The first-order valence-corrected chi connectivity index (χ1v) is 11.6. The van der Waals surface area contributed by atoms with Crippen LogP contribution in [0.1, 0.15) is 42.6 Å². The zero-order valence-electron chi connectivity index (χ0n) is 20.2. The third-order valence-corrected chi connectivity index (χ3v) is 7.05. The van der Waals surface area contributed by atoms with Crippen molar-refractivity contribution >= 4 is 28.9 Å². The first kappa shape index (κ1) is 23.3. The molecular weight excluding hydrogens is 452 g/mol. The highest BCUT2D eigenvalue weighted by Crippen LogP contribution is 2.33. The molecule has 12 nitrogen and oxygen atoms in total. The molecule has 0 aromatic carbocycles. The summed E-state index contributed by atoms with van der Waals surface area (Å²) in [5, 5.41) is 12.3. The first-order valence-electron chi connectivity index (χ1n) is 11.6. The Morgan fingerprint density at radius 3 is 2.74 bits per heavy atom. The number of aromatic nitrogens is 4. The molecule has 0 spiro atoms. The molecule has 0 unspecified atom stereocenters. The maximum atomic E-state index is 13.1. The summed E-state index contributed by atoms with van der Waals surface area (Å²) < 4.78 is 14.1. The number of pyridine rings is 1. The molecule has 3 N–H and O–H groups in total. The third kappa shape index (κ3) is 4.03. The summed E-state index contributed by atoms with van der Waals surface area (Å²) in [4.78, 5) is 30.8. The van der Waals surface area contributed by atoms with Crippen LogP contribution in [0.25, 0.3) is 5.65 Å². The molecule has 0 bridgehead atoms. The molecule has 4 heterocycles. The fourth-order valence-electron chi connectivity index (χ4n) is 4.46. The van der Waals surface area contributed by atoms with Gasteiger partial charge in [-0.15, -0.1) is 0 Å². The van der Waals surface area contributed by atoms with E-state index < -0.39 is 5.72 Å². The number of anilines is 3. The van der Waals surface area contributed by atoms with Crippen LogP contribution in [-0.4, -0.2) is 69.7 Å². The molecule has 3 aromatic heterocycles. The quantitative estimate of drug-likeness (QED) is 0.440. The highest BCUT2D eigenvalue weighted by atomic mass is 16.5. The zero-order chi connectivity index (χ0) is 24.7. The summed E-state index contributed by atoms with van der Waals surface area (Å²) in [6.07, 6.45) is 5.89. The molecule has 1 saturated heterocycles. The van der Waals surface area contributed by atoms with E-state index in [1.807, 2.05) is 13.0 Å². The van der Waals surface area contributed by atoms with E-state index in [-0.39, 0.29) is 23.6 Å². The number of hydrogen-bond acceptors (Lipinski definition) is 9. The second-order valence-electron chi connectivity index (χ2n) is 9.03. The normalized spacial score (nSPS) is 24.0. The van der Waals surface area contributed by atoms with Gasteiger partial charge in [0.05, 0.1) is 12.3 Å². The number of ether oxygens (including phenoxy) is 2. The predicted molar refractivity (Wildman–Crippen MR) is 130 cm³/mol. The van der Waals surface area contributed by atoms with Gasteiger partial charge in [-0.1, -0.05) is 0 Å². The van der Waals surface area contributed by atoms with Gasteiger partial charge in [0.15, 0.2) is 5.65 Å². The van der Waals surface area contributed by atoms with Crippen molar-refractivity contribution in [2.24, 2.45) is 0 Å². The van der Waals surface area contributed by atoms with E-state index in [0.717, 1.165) is 19.3 Å². The highest BCUT2D eigenvalue weighted by molar-refractivity contribution is 5.99. The number of carbonyl (C=O) groups is 1. The lowest BCUT2D eigenvalue weighted by molar-refractivity contribution is -0.206. The SMILES string of the molecule is CNc1cc(Nc2cccn([C@H]3C[C@@H](OC)C3)c2=O)nc2c(C(=O)NN3CC[C@@]3(C)OC)cnn12. The van der Waals surface area contributed by atoms with E-state index >= 15 is 0 Å². The fraction of sp³-hybridized carbons (Fsp3) is 0.478. The average Bonchev–Trinajstić information content (AvgIpc) is 3.26. The Labute approximate surface area is 202 Å². The molecule has 1 aliphatic heterocycles. The van der Waals surface area contributed by atoms with Crippen LogP contribution in [0.2, 0.25) is 0 Å². The van der Waals surface area contributed by atoms with Crippen LogP contribution in [0.4, 0.5) is 17.3 Å². The monoisotopic (exact) mass is 482 g/mol. The van der Waals surface area contributed by atoms with Gasteiger partial charge in [-0.2, -0.15) is 14.6 Å². The molecule has 2 fully saturated rings. The molecule has 0 radical (unpaired) electrons. The van der Waals surface area contributed by atoms with Gasteiger partial charge in [-0.3, -0.25) is 15.0 Å². The largest absolute Gasteiger partial charge is 0.381 e. The van der Waals surface area contributed by atoms with Gasteiger partial charge in [-0.25, -0.2) is 4.98 Å². The molecule has 3 aromatic rings. The number of nitrogens with one attached hydrogen (secondary N) is 3. The van der Waals surface area contributed by atoms with Crippen LogP contribution in [-0.2, 0) is 9.47 Å². The number of methoxy groups -OCH3 is 2. The van der Waals surface area contributed by atoms with Gasteiger partial charge in [0.25, 0.3) is 11.5 Å². The first-order chi connectivity index (χ1) is 16.9. The summed E-state index contributed by atoms with van der Waals surface area (Å²) in [6, 6.07) is 5.40. The molecule has 1 amide bonds. The Kier molecular flexibility index (Phi) is 5.95. The van der Waals surface area contributed by atoms with E-state index in [4.69, 9.17) is 9.47 Å². The van der Waals surface area contributed by atoms with Gasteiger partial charge in [0.2, 0.25) is 0 Å². The van der Waals surface area contributed by atoms with Crippen molar-refractivity contribution in [2.45, 2.75) is 44.1 Å². The molecule has 1 aliphatic carbocycles. The Bertz CT molecular complexity index is 1310. The molecule has 5 rings (SSSR count). The number of amides is 1. The second-order valence-corrected chi connectivity index (χ2v) is 9.03. The van der Waals surface area contributed by atoms with Crippen molar-refractivity contribution < 1.29 is 14.3 Å². The summed E-state index contributed by atoms with van der Waals surface area (Å²) >= 11 is 0. The smallest absolute Gasteiger partial charge is 0.274 e. The van der Waals surface area contributed by atoms with Crippen molar-refractivity contribution in [3.05, 3.63) is 46.5 Å². The fourth-order valence-corrected chi connectivity index (χ4v) is 4.46. The lowest BCUT2D eigenvalue weighted by atomic mass is 9.89. The third-order valence-electron chi connectivity index (χ3n) is 7.05. The minimum atomic E-state index is -0.536. The molecule has 186 valence electrons. The Morgan fingerprint density at radius 2 is 2.09 bits per heavy atom. The van der Waals surface area contributed by atoms with E-state index in [2.05, 4.69) is 26.1 Å². The van der Waals surface area contributed by atoms with Gasteiger partial charge < -0.3 is 24.7 Å². The van der Waals surface area contributed by atoms with Crippen molar-refractivity contribution in [2.75, 3.05) is 38.4 Å². The van der Waals surface area contributed by atoms with Crippen LogP contribution in [0, 0.1) is 0 Å². The number of nitrogens with zero attached hydrogens (tertiary/aromatic N) is 5. The van der Waals surface area contributed by atoms with E-state index in [1.54, 1.807) is 53.7 Å². The van der Waals surface area contributed by atoms with Gasteiger partial charge in [0, 0.05) is 52.5 Å². The van der Waals surface area contributed by atoms with E-state index in [0.29, 0.717) is 35.1 Å². The number of carbonyl (C=O) groups excluding carboxylic acids is 1. The molecule has 35 heavy (non-hydrogen) atoms. The minimum Gasteiger partial charge on any atom is -0.381 e. The topological polar surface area (TPSA) is 127 Å². The van der Waals surface area contributed by atoms with Crippen molar-refractivity contribution in [1.29, 1.82) is 0 Å². The predicted octanol–water partition coefficient (Wildman–Crippen LogP) is 1.74. The average molecular weight is 483 g/mol. The van der Waals surface area contributed by atoms with Crippen LogP contribution < -0.4 is 21.6 Å². The number of hydrogen-bond donors (Lipinski definition) is 3. The maximum Gasteiger partial charge on any atom is 0.274 e. The standard InChI is InChI=1S/C23H30N8O4/c1-23(35-4)7-9-30(23)28-21(32)16-13-25-31-19(24-2)12-18(27-20(16)31)26-17-6-5-8-29(22(17)33)14-10-15(11-14)34-3/h5-6,8,12-15,24H,7,9-11H2,1-4H3,(H,26,27)(H,28,32)/t14-,15+,23-/m1/s1. The van der Waals surface area contributed by atoms with Crippen LogP contribution >= 0.6 is 0 Å². The summed E-state index contributed by atoms with van der Waals surface area (Å²) in [5.41, 5.74) is 3.27. The summed E-state index contributed by atoms with van der Waals surface area (Å²) in [6.45, 7) is 2.60. The van der Waals surface area contributed by atoms with Crippen molar-refractivity contribution in [3.8, 4) is 0 Å². The van der Waals surface area contributed by atoms with E-state index in [9.17, 15) is 9.59 Å². The lowest BCUT2D eigenvalue weighted by Crippen LogP contribution is -2.65. The Hall–Kier alpha value is -3.48. The minimum absolute atomic E-state index is 0.113. The number of fused-ring (bicyclic) bond motifs is 1. The van der Waals surface area contributed by atoms with Crippen LogP contribution in [0.5, 0.6) is 0 Å².